The minimum Gasteiger partial charge on any atom is -0.335 e. The molecule has 1 aromatic heterocycles. The molecule has 0 amide bonds. The number of imidazole rings is 1. The molecular weight excluding hydrogens is 222 g/mol. The van der Waals surface area contributed by atoms with Gasteiger partial charge in [-0.15, -0.1) is 0 Å². The standard InChI is InChI=1S/C15H27N3/c1-2-18-11-10-17-15(18)12-14(16)9-8-13-6-4-3-5-7-13/h10-11,13-14H,2-9,12,16H2,1H3. The summed E-state index contributed by atoms with van der Waals surface area (Å²) in [6.45, 7) is 3.14. The molecule has 1 aliphatic carbocycles. The van der Waals surface area contributed by atoms with Crippen LogP contribution in [0.2, 0.25) is 0 Å². The fourth-order valence-electron chi connectivity index (χ4n) is 3.08. The maximum absolute atomic E-state index is 6.25. The maximum Gasteiger partial charge on any atom is 0.110 e. The summed E-state index contributed by atoms with van der Waals surface area (Å²) in [5.74, 6) is 2.09. The van der Waals surface area contributed by atoms with Gasteiger partial charge < -0.3 is 10.3 Å². The first-order chi connectivity index (χ1) is 8.79. The summed E-state index contributed by atoms with van der Waals surface area (Å²) in [5.41, 5.74) is 6.25. The smallest absolute Gasteiger partial charge is 0.110 e. The molecule has 1 unspecified atom stereocenters. The highest BCUT2D eigenvalue weighted by atomic mass is 15.1. The highest BCUT2D eigenvalue weighted by Crippen LogP contribution is 2.27. The first-order valence-corrected chi connectivity index (χ1v) is 7.55. The largest absolute Gasteiger partial charge is 0.335 e. The topological polar surface area (TPSA) is 43.8 Å². The van der Waals surface area contributed by atoms with Crippen LogP contribution in [0.3, 0.4) is 0 Å². The molecule has 1 fully saturated rings. The highest BCUT2D eigenvalue weighted by molar-refractivity contribution is 4.95. The van der Waals surface area contributed by atoms with Gasteiger partial charge in [0.25, 0.3) is 0 Å². The number of nitrogens with two attached hydrogens (primary N) is 1. The fraction of sp³-hybridized carbons (Fsp3) is 0.800. The predicted octanol–water partition coefficient (Wildman–Crippen LogP) is 3.13. The molecule has 2 N–H and O–H groups in total. The van der Waals surface area contributed by atoms with E-state index in [1.807, 2.05) is 12.4 Å². The first kappa shape index (κ1) is 13.6. The quantitative estimate of drug-likeness (QED) is 0.841. The molecule has 3 nitrogen and oxygen atoms in total. The van der Waals surface area contributed by atoms with Crippen LogP contribution in [0.15, 0.2) is 12.4 Å². The lowest BCUT2D eigenvalue weighted by Gasteiger charge is -2.22. The zero-order valence-electron chi connectivity index (χ0n) is 11.6. The van der Waals surface area contributed by atoms with E-state index in [-0.39, 0.29) is 6.04 Å². The Morgan fingerprint density at radius 1 is 1.39 bits per heavy atom. The number of nitrogens with zero attached hydrogens (tertiary/aromatic N) is 2. The molecular formula is C15H27N3. The summed E-state index contributed by atoms with van der Waals surface area (Å²) in [6, 6.07) is 0.277. The van der Waals surface area contributed by atoms with Crippen molar-refractivity contribution < 1.29 is 0 Å². The van der Waals surface area contributed by atoms with Crippen molar-refractivity contribution in [3.05, 3.63) is 18.2 Å². The van der Waals surface area contributed by atoms with Gasteiger partial charge in [0, 0.05) is 31.4 Å². The molecule has 1 aliphatic rings. The zero-order valence-corrected chi connectivity index (χ0v) is 11.6. The van der Waals surface area contributed by atoms with Crippen molar-refractivity contribution in [1.82, 2.24) is 9.55 Å². The average Bonchev–Trinajstić information content (AvgIpc) is 2.85. The van der Waals surface area contributed by atoms with Gasteiger partial charge in [-0.25, -0.2) is 4.98 Å². The summed E-state index contributed by atoms with van der Waals surface area (Å²) in [4.78, 5) is 4.40. The Morgan fingerprint density at radius 2 is 2.17 bits per heavy atom. The van der Waals surface area contributed by atoms with Gasteiger partial charge in [-0.2, -0.15) is 0 Å². The summed E-state index contributed by atoms with van der Waals surface area (Å²) >= 11 is 0. The lowest BCUT2D eigenvalue weighted by Crippen LogP contribution is -2.25. The van der Waals surface area contributed by atoms with Gasteiger partial charge in [0.1, 0.15) is 5.82 Å². The Labute approximate surface area is 111 Å². The molecule has 0 aliphatic heterocycles. The van der Waals surface area contributed by atoms with Crippen LogP contribution in [-0.2, 0) is 13.0 Å². The van der Waals surface area contributed by atoms with Crippen LogP contribution < -0.4 is 5.73 Å². The predicted molar refractivity (Wildman–Crippen MR) is 75.4 cm³/mol. The molecule has 0 spiro atoms. The molecule has 1 saturated carbocycles. The molecule has 1 atom stereocenters. The van der Waals surface area contributed by atoms with Gasteiger partial charge in [0.05, 0.1) is 0 Å². The van der Waals surface area contributed by atoms with Crippen LogP contribution in [-0.4, -0.2) is 15.6 Å². The Bertz CT molecular complexity index is 339. The minimum atomic E-state index is 0.277. The molecule has 0 aromatic carbocycles. The van der Waals surface area contributed by atoms with Crippen molar-refractivity contribution in [2.75, 3.05) is 0 Å². The second-order valence-electron chi connectivity index (χ2n) is 5.68. The maximum atomic E-state index is 6.25. The van der Waals surface area contributed by atoms with Crippen molar-refractivity contribution >= 4 is 0 Å². The van der Waals surface area contributed by atoms with Crippen LogP contribution in [0.25, 0.3) is 0 Å². The van der Waals surface area contributed by atoms with E-state index in [0.29, 0.717) is 0 Å². The van der Waals surface area contributed by atoms with Gasteiger partial charge in [0.2, 0.25) is 0 Å². The fourth-order valence-corrected chi connectivity index (χ4v) is 3.08. The number of rotatable bonds is 6. The lowest BCUT2D eigenvalue weighted by molar-refractivity contribution is 0.322. The molecule has 0 saturated heterocycles. The van der Waals surface area contributed by atoms with E-state index in [1.165, 1.54) is 38.5 Å². The summed E-state index contributed by atoms with van der Waals surface area (Å²) in [6.07, 6.45) is 14.5. The van der Waals surface area contributed by atoms with E-state index < -0.39 is 0 Å². The van der Waals surface area contributed by atoms with Gasteiger partial charge in [-0.1, -0.05) is 32.1 Å². The SMILES string of the molecule is CCn1ccnc1CC(N)CCC1CCCCC1. The molecule has 0 bridgehead atoms. The number of aromatic nitrogens is 2. The average molecular weight is 249 g/mol. The molecule has 3 heteroatoms. The minimum absolute atomic E-state index is 0.277. The van der Waals surface area contributed by atoms with Gasteiger partial charge in [-0.3, -0.25) is 0 Å². The van der Waals surface area contributed by atoms with Gasteiger partial charge >= 0.3 is 0 Å². The third-order valence-electron chi connectivity index (χ3n) is 4.26. The molecule has 2 rings (SSSR count). The van der Waals surface area contributed by atoms with E-state index in [4.69, 9.17) is 5.73 Å². The van der Waals surface area contributed by atoms with Crippen molar-refractivity contribution in [3.63, 3.8) is 0 Å². The monoisotopic (exact) mass is 249 g/mol. The second-order valence-corrected chi connectivity index (χ2v) is 5.68. The van der Waals surface area contributed by atoms with Crippen molar-refractivity contribution in [1.29, 1.82) is 0 Å². The molecule has 18 heavy (non-hydrogen) atoms. The van der Waals surface area contributed by atoms with Crippen molar-refractivity contribution in [3.8, 4) is 0 Å². The highest BCUT2D eigenvalue weighted by Gasteiger charge is 2.15. The van der Waals surface area contributed by atoms with Gasteiger partial charge in [0.15, 0.2) is 0 Å². The number of aryl methyl sites for hydroxylation is 1. The number of hydrogen-bond donors (Lipinski definition) is 1. The van der Waals surface area contributed by atoms with Crippen molar-refractivity contribution in [2.24, 2.45) is 11.7 Å². The number of hydrogen-bond acceptors (Lipinski definition) is 2. The van der Waals surface area contributed by atoms with Crippen LogP contribution in [0.5, 0.6) is 0 Å². The Hall–Kier alpha value is -0.830. The van der Waals surface area contributed by atoms with E-state index in [0.717, 1.165) is 31.1 Å². The normalized spacial score (nSPS) is 19.0. The zero-order chi connectivity index (χ0) is 12.8. The van der Waals surface area contributed by atoms with Crippen LogP contribution >= 0.6 is 0 Å². The third kappa shape index (κ3) is 3.84. The summed E-state index contributed by atoms with van der Waals surface area (Å²) in [7, 11) is 0. The first-order valence-electron chi connectivity index (χ1n) is 7.55. The molecule has 102 valence electrons. The molecule has 1 heterocycles. The third-order valence-corrected chi connectivity index (χ3v) is 4.26. The summed E-state index contributed by atoms with van der Waals surface area (Å²) < 4.78 is 2.19. The lowest BCUT2D eigenvalue weighted by atomic mass is 9.85. The van der Waals surface area contributed by atoms with Crippen LogP contribution in [0.1, 0.15) is 57.7 Å². The van der Waals surface area contributed by atoms with E-state index >= 15 is 0 Å². The Kier molecular flexibility index (Phi) is 5.24. The van der Waals surface area contributed by atoms with E-state index in [2.05, 4.69) is 16.5 Å². The van der Waals surface area contributed by atoms with E-state index in [1.54, 1.807) is 0 Å². The Morgan fingerprint density at radius 3 is 2.89 bits per heavy atom. The van der Waals surface area contributed by atoms with Crippen LogP contribution in [0.4, 0.5) is 0 Å². The van der Waals surface area contributed by atoms with E-state index in [9.17, 15) is 0 Å². The Balaban J connectivity index is 1.72. The molecule has 0 radical (unpaired) electrons. The van der Waals surface area contributed by atoms with Gasteiger partial charge in [-0.05, 0) is 25.7 Å². The van der Waals surface area contributed by atoms with Crippen LogP contribution in [0, 0.1) is 5.92 Å². The molecule has 1 aromatic rings. The summed E-state index contributed by atoms with van der Waals surface area (Å²) in [5, 5.41) is 0. The second kappa shape index (κ2) is 6.93. The van der Waals surface area contributed by atoms with Crippen molar-refractivity contribution in [2.45, 2.75) is 70.9 Å².